The maximum absolute atomic E-state index is 5.52. The average molecular weight is 200 g/mol. The molecule has 0 heterocycles. The zero-order valence-electron chi connectivity index (χ0n) is 7.88. The maximum atomic E-state index is 5.52. The van der Waals surface area contributed by atoms with Gasteiger partial charge in [-0.3, -0.25) is 0 Å². The molecule has 0 aromatic heterocycles. The summed E-state index contributed by atoms with van der Waals surface area (Å²) in [6.07, 6.45) is 0.215. The zero-order chi connectivity index (χ0) is 9.68. The Kier molecular flexibility index (Phi) is 3.90. The van der Waals surface area contributed by atoms with E-state index in [2.05, 4.69) is 5.32 Å². The summed E-state index contributed by atoms with van der Waals surface area (Å²) in [6, 6.07) is 8.16. The quantitative estimate of drug-likeness (QED) is 0.595. The van der Waals surface area contributed by atoms with Crippen LogP contribution in [0, 0.1) is 0 Å². The second-order valence-electron chi connectivity index (χ2n) is 3.00. The van der Waals surface area contributed by atoms with E-state index in [1.54, 1.807) is 0 Å². The van der Waals surface area contributed by atoms with Crippen molar-refractivity contribution in [2.75, 3.05) is 11.3 Å². The van der Waals surface area contributed by atoms with Gasteiger partial charge >= 0.3 is 0 Å². The molecule has 1 aromatic rings. The molecule has 0 spiro atoms. The van der Waals surface area contributed by atoms with E-state index in [1.165, 1.54) is 0 Å². The molecule has 1 rings (SSSR count). The topological polar surface area (TPSA) is 21.3 Å². The molecule has 72 valence electrons. The lowest BCUT2D eigenvalue weighted by molar-refractivity contribution is 0.242. The van der Waals surface area contributed by atoms with Gasteiger partial charge in [0.2, 0.25) is 0 Å². The lowest BCUT2D eigenvalue weighted by Crippen LogP contribution is -2.05. The van der Waals surface area contributed by atoms with Gasteiger partial charge in [-0.15, -0.1) is 11.6 Å². The Labute approximate surface area is 83.9 Å². The van der Waals surface area contributed by atoms with Crippen LogP contribution in [0.25, 0.3) is 0 Å². The SMILES string of the molecule is CC(C)Oc1ccc(NCCl)cc1. The Morgan fingerprint density at radius 3 is 2.38 bits per heavy atom. The van der Waals surface area contributed by atoms with Gasteiger partial charge in [-0.2, -0.15) is 0 Å². The molecule has 0 radical (unpaired) electrons. The lowest BCUT2D eigenvalue weighted by atomic mass is 10.3. The molecular formula is C10H14ClNO. The van der Waals surface area contributed by atoms with Gasteiger partial charge < -0.3 is 10.1 Å². The molecule has 0 aliphatic heterocycles. The molecule has 0 amide bonds. The Hall–Kier alpha value is -0.890. The van der Waals surface area contributed by atoms with Crippen LogP contribution in [0.5, 0.6) is 5.75 Å². The number of nitrogens with one attached hydrogen (secondary N) is 1. The summed E-state index contributed by atoms with van der Waals surface area (Å²) in [7, 11) is 0. The Bertz CT molecular complexity index is 246. The highest BCUT2D eigenvalue weighted by Gasteiger charge is 1.96. The van der Waals surface area contributed by atoms with Crippen molar-refractivity contribution < 1.29 is 4.74 Å². The van der Waals surface area contributed by atoms with Crippen LogP contribution in [0.3, 0.4) is 0 Å². The summed E-state index contributed by atoms with van der Waals surface area (Å²) in [5.74, 6) is 0.884. The van der Waals surface area contributed by atoms with E-state index in [0.29, 0.717) is 6.00 Å². The monoisotopic (exact) mass is 199 g/mol. The fourth-order valence-corrected chi connectivity index (χ4v) is 1.15. The zero-order valence-corrected chi connectivity index (χ0v) is 8.64. The molecule has 0 saturated carbocycles. The maximum Gasteiger partial charge on any atom is 0.119 e. The van der Waals surface area contributed by atoms with Crippen molar-refractivity contribution in [3.8, 4) is 5.75 Å². The number of ether oxygens (including phenoxy) is 1. The molecule has 0 aliphatic rings. The van der Waals surface area contributed by atoms with Gasteiger partial charge in [-0.1, -0.05) is 0 Å². The van der Waals surface area contributed by atoms with Crippen LogP contribution < -0.4 is 10.1 Å². The molecule has 0 fully saturated rings. The lowest BCUT2D eigenvalue weighted by Gasteiger charge is -2.10. The number of anilines is 1. The van der Waals surface area contributed by atoms with Crippen LogP contribution in [0.4, 0.5) is 5.69 Å². The van der Waals surface area contributed by atoms with Gasteiger partial charge in [0, 0.05) is 5.69 Å². The largest absolute Gasteiger partial charge is 0.491 e. The minimum absolute atomic E-state index is 0.215. The van der Waals surface area contributed by atoms with E-state index in [-0.39, 0.29) is 6.10 Å². The van der Waals surface area contributed by atoms with Gasteiger partial charge in [-0.25, -0.2) is 0 Å². The molecule has 0 unspecified atom stereocenters. The van der Waals surface area contributed by atoms with E-state index in [4.69, 9.17) is 16.3 Å². The van der Waals surface area contributed by atoms with Crippen molar-refractivity contribution in [1.82, 2.24) is 0 Å². The van der Waals surface area contributed by atoms with Crippen LogP contribution in [0.2, 0.25) is 0 Å². The smallest absolute Gasteiger partial charge is 0.119 e. The summed E-state index contributed by atoms with van der Waals surface area (Å²) in [5.41, 5.74) is 1.01. The fourth-order valence-electron chi connectivity index (χ4n) is 1.00. The molecule has 0 aliphatic carbocycles. The van der Waals surface area contributed by atoms with Crippen LogP contribution in [0.1, 0.15) is 13.8 Å². The first-order chi connectivity index (χ1) is 6.22. The fraction of sp³-hybridized carbons (Fsp3) is 0.400. The van der Waals surface area contributed by atoms with Gasteiger partial charge in [0.15, 0.2) is 0 Å². The third-order valence-corrected chi connectivity index (χ3v) is 1.63. The van der Waals surface area contributed by atoms with E-state index in [9.17, 15) is 0 Å². The Morgan fingerprint density at radius 1 is 1.31 bits per heavy atom. The van der Waals surface area contributed by atoms with Gasteiger partial charge in [0.1, 0.15) is 5.75 Å². The highest BCUT2D eigenvalue weighted by Crippen LogP contribution is 2.16. The van der Waals surface area contributed by atoms with E-state index >= 15 is 0 Å². The molecule has 2 nitrogen and oxygen atoms in total. The number of hydrogen-bond acceptors (Lipinski definition) is 2. The first-order valence-corrected chi connectivity index (χ1v) is 4.82. The van der Waals surface area contributed by atoms with E-state index in [1.807, 2.05) is 38.1 Å². The summed E-state index contributed by atoms with van der Waals surface area (Å²) in [5, 5.41) is 3.00. The number of alkyl halides is 1. The molecule has 1 aromatic carbocycles. The second-order valence-corrected chi connectivity index (χ2v) is 3.27. The molecule has 0 atom stereocenters. The predicted molar refractivity (Wildman–Crippen MR) is 56.5 cm³/mol. The van der Waals surface area contributed by atoms with Crippen molar-refractivity contribution in [2.45, 2.75) is 20.0 Å². The first-order valence-electron chi connectivity index (χ1n) is 4.29. The van der Waals surface area contributed by atoms with Gasteiger partial charge in [0.05, 0.1) is 12.1 Å². The molecular weight excluding hydrogens is 186 g/mol. The van der Waals surface area contributed by atoms with E-state index in [0.717, 1.165) is 11.4 Å². The summed E-state index contributed by atoms with van der Waals surface area (Å²) in [6.45, 7) is 4.01. The van der Waals surface area contributed by atoms with Crippen LogP contribution >= 0.6 is 11.6 Å². The third-order valence-electron chi connectivity index (χ3n) is 1.50. The van der Waals surface area contributed by atoms with Gasteiger partial charge in [-0.05, 0) is 38.1 Å². The summed E-state index contributed by atoms with van der Waals surface area (Å²) >= 11 is 5.52. The van der Waals surface area contributed by atoms with Crippen molar-refractivity contribution in [2.24, 2.45) is 0 Å². The third kappa shape index (κ3) is 3.55. The van der Waals surface area contributed by atoms with Crippen LogP contribution in [-0.4, -0.2) is 12.1 Å². The number of rotatable bonds is 4. The molecule has 0 saturated heterocycles. The normalized spacial score (nSPS) is 10.2. The molecule has 3 heteroatoms. The minimum atomic E-state index is 0.215. The van der Waals surface area contributed by atoms with Crippen molar-refractivity contribution in [3.05, 3.63) is 24.3 Å². The highest BCUT2D eigenvalue weighted by molar-refractivity contribution is 6.18. The number of halogens is 1. The minimum Gasteiger partial charge on any atom is -0.491 e. The molecule has 0 bridgehead atoms. The Balaban J connectivity index is 2.59. The number of hydrogen-bond donors (Lipinski definition) is 1. The van der Waals surface area contributed by atoms with Crippen molar-refractivity contribution in [1.29, 1.82) is 0 Å². The van der Waals surface area contributed by atoms with Gasteiger partial charge in [0.25, 0.3) is 0 Å². The molecule has 13 heavy (non-hydrogen) atoms. The van der Waals surface area contributed by atoms with E-state index < -0.39 is 0 Å². The molecule has 1 N–H and O–H groups in total. The second kappa shape index (κ2) is 4.97. The average Bonchev–Trinajstić information content (AvgIpc) is 2.08. The summed E-state index contributed by atoms with van der Waals surface area (Å²) < 4.78 is 5.49. The highest BCUT2D eigenvalue weighted by atomic mass is 35.5. The Morgan fingerprint density at radius 2 is 1.92 bits per heavy atom. The van der Waals surface area contributed by atoms with Crippen LogP contribution in [0.15, 0.2) is 24.3 Å². The van der Waals surface area contributed by atoms with Crippen LogP contribution in [-0.2, 0) is 0 Å². The van der Waals surface area contributed by atoms with Crippen molar-refractivity contribution >= 4 is 17.3 Å². The standard InChI is InChI=1S/C10H14ClNO/c1-8(2)13-10-5-3-9(4-6-10)12-7-11/h3-6,8,12H,7H2,1-2H3. The first kappa shape index (κ1) is 10.2. The summed E-state index contributed by atoms with van der Waals surface area (Å²) in [4.78, 5) is 0. The van der Waals surface area contributed by atoms with Crippen molar-refractivity contribution in [3.63, 3.8) is 0 Å². The number of benzene rings is 1. The predicted octanol–water partition coefficient (Wildman–Crippen LogP) is 3.08.